The second-order valence-electron chi connectivity index (χ2n) is 5.07. The van der Waals surface area contributed by atoms with E-state index in [9.17, 15) is 4.79 Å². The van der Waals surface area contributed by atoms with Crippen molar-refractivity contribution in [1.82, 2.24) is 20.4 Å². The van der Waals surface area contributed by atoms with Gasteiger partial charge in [-0.1, -0.05) is 23.4 Å². The van der Waals surface area contributed by atoms with Gasteiger partial charge in [-0.05, 0) is 25.0 Å². The molecule has 0 aliphatic rings. The van der Waals surface area contributed by atoms with E-state index in [0.29, 0.717) is 12.2 Å². The number of aromatic amines is 1. The summed E-state index contributed by atoms with van der Waals surface area (Å²) in [7, 11) is 0. The van der Waals surface area contributed by atoms with Gasteiger partial charge in [0, 0.05) is 17.1 Å². The first-order chi connectivity index (χ1) is 10.1. The van der Waals surface area contributed by atoms with Gasteiger partial charge in [0.25, 0.3) is 0 Å². The van der Waals surface area contributed by atoms with Gasteiger partial charge in [0.2, 0.25) is 12.3 Å². The smallest absolute Gasteiger partial charge is 0.225 e. The molecule has 0 bridgehead atoms. The Morgan fingerprint density at radius 3 is 3.10 bits per heavy atom. The molecular formula is C15H16N4O2. The SMILES string of the molecule is Cc1cccc2c(CC(=O)N[C@@H](C)c3ncon3)c[nH]c12. The monoisotopic (exact) mass is 284 g/mol. The molecule has 108 valence electrons. The zero-order valence-electron chi connectivity index (χ0n) is 11.9. The lowest BCUT2D eigenvalue weighted by molar-refractivity contribution is -0.121. The van der Waals surface area contributed by atoms with E-state index in [-0.39, 0.29) is 11.9 Å². The average Bonchev–Trinajstić information content (AvgIpc) is 3.09. The van der Waals surface area contributed by atoms with Crippen LogP contribution >= 0.6 is 0 Å². The van der Waals surface area contributed by atoms with Gasteiger partial charge in [-0.2, -0.15) is 4.98 Å². The van der Waals surface area contributed by atoms with E-state index in [2.05, 4.69) is 25.0 Å². The number of para-hydroxylation sites is 1. The van der Waals surface area contributed by atoms with Gasteiger partial charge >= 0.3 is 0 Å². The molecule has 0 radical (unpaired) electrons. The number of nitrogens with one attached hydrogen (secondary N) is 2. The molecular weight excluding hydrogens is 268 g/mol. The number of fused-ring (bicyclic) bond motifs is 1. The minimum Gasteiger partial charge on any atom is -0.361 e. The highest BCUT2D eigenvalue weighted by molar-refractivity contribution is 5.90. The van der Waals surface area contributed by atoms with E-state index in [4.69, 9.17) is 0 Å². The molecule has 0 saturated carbocycles. The van der Waals surface area contributed by atoms with Crippen molar-refractivity contribution in [3.63, 3.8) is 0 Å². The molecule has 1 amide bonds. The fourth-order valence-electron chi connectivity index (χ4n) is 2.41. The Morgan fingerprint density at radius 2 is 2.33 bits per heavy atom. The fourth-order valence-corrected chi connectivity index (χ4v) is 2.41. The van der Waals surface area contributed by atoms with Crippen LogP contribution in [0.1, 0.15) is 29.9 Å². The van der Waals surface area contributed by atoms with Crippen molar-refractivity contribution in [2.75, 3.05) is 0 Å². The Hall–Kier alpha value is -2.63. The van der Waals surface area contributed by atoms with Gasteiger partial charge in [-0.25, -0.2) is 0 Å². The largest absolute Gasteiger partial charge is 0.361 e. The third-order valence-corrected chi connectivity index (χ3v) is 3.50. The maximum atomic E-state index is 12.1. The number of hydrogen-bond donors (Lipinski definition) is 2. The zero-order chi connectivity index (χ0) is 14.8. The molecule has 1 atom stereocenters. The maximum absolute atomic E-state index is 12.1. The average molecular weight is 284 g/mol. The van der Waals surface area contributed by atoms with Crippen molar-refractivity contribution in [1.29, 1.82) is 0 Å². The van der Waals surface area contributed by atoms with Crippen LogP contribution in [0.15, 0.2) is 35.3 Å². The molecule has 2 aromatic heterocycles. The first-order valence-electron chi connectivity index (χ1n) is 6.76. The van der Waals surface area contributed by atoms with Crippen LogP contribution in [0.25, 0.3) is 10.9 Å². The normalized spacial score (nSPS) is 12.5. The predicted molar refractivity (Wildman–Crippen MR) is 77.6 cm³/mol. The number of H-pyrrole nitrogens is 1. The molecule has 6 nitrogen and oxygen atoms in total. The molecule has 0 aliphatic carbocycles. The minimum atomic E-state index is -0.275. The van der Waals surface area contributed by atoms with E-state index >= 15 is 0 Å². The molecule has 0 unspecified atom stereocenters. The first kappa shape index (κ1) is 13.4. The van der Waals surface area contributed by atoms with Crippen molar-refractivity contribution in [2.45, 2.75) is 26.3 Å². The van der Waals surface area contributed by atoms with E-state index in [1.54, 1.807) is 0 Å². The van der Waals surface area contributed by atoms with Gasteiger partial charge < -0.3 is 14.8 Å². The van der Waals surface area contributed by atoms with Crippen LogP contribution < -0.4 is 5.32 Å². The third-order valence-electron chi connectivity index (χ3n) is 3.50. The molecule has 21 heavy (non-hydrogen) atoms. The van der Waals surface area contributed by atoms with E-state index in [1.165, 1.54) is 12.0 Å². The molecule has 1 aromatic carbocycles. The lowest BCUT2D eigenvalue weighted by Gasteiger charge is -2.09. The number of hydrogen-bond acceptors (Lipinski definition) is 4. The van der Waals surface area contributed by atoms with Crippen LogP contribution in [-0.2, 0) is 11.2 Å². The van der Waals surface area contributed by atoms with Crippen molar-refractivity contribution in [3.8, 4) is 0 Å². The second kappa shape index (κ2) is 5.40. The summed E-state index contributed by atoms with van der Waals surface area (Å²) in [5.41, 5.74) is 3.22. The highest BCUT2D eigenvalue weighted by Gasteiger charge is 2.15. The summed E-state index contributed by atoms with van der Waals surface area (Å²) in [5, 5.41) is 7.66. The predicted octanol–water partition coefficient (Wildman–Crippen LogP) is 2.28. The van der Waals surface area contributed by atoms with Crippen LogP contribution in [0.5, 0.6) is 0 Å². The van der Waals surface area contributed by atoms with Gasteiger partial charge in [-0.15, -0.1) is 0 Å². The van der Waals surface area contributed by atoms with Crippen molar-refractivity contribution in [2.24, 2.45) is 0 Å². The van der Waals surface area contributed by atoms with Crippen LogP contribution in [-0.4, -0.2) is 21.0 Å². The summed E-state index contributed by atoms with van der Waals surface area (Å²) in [6.45, 7) is 3.86. The summed E-state index contributed by atoms with van der Waals surface area (Å²) in [4.78, 5) is 19.3. The number of carbonyl (C=O) groups excluding carboxylic acids is 1. The van der Waals surface area contributed by atoms with Crippen molar-refractivity contribution in [3.05, 3.63) is 47.7 Å². The lowest BCUT2D eigenvalue weighted by atomic mass is 10.1. The highest BCUT2D eigenvalue weighted by atomic mass is 16.5. The number of amides is 1. The fraction of sp³-hybridized carbons (Fsp3) is 0.267. The first-order valence-corrected chi connectivity index (χ1v) is 6.76. The number of rotatable bonds is 4. The third kappa shape index (κ3) is 2.65. The molecule has 3 aromatic rings. The topological polar surface area (TPSA) is 83.8 Å². The van der Waals surface area contributed by atoms with Crippen molar-refractivity contribution < 1.29 is 9.32 Å². The summed E-state index contributed by atoms with van der Waals surface area (Å²) in [5.74, 6) is 0.396. The number of benzene rings is 1. The summed E-state index contributed by atoms with van der Waals surface area (Å²) < 4.78 is 4.68. The number of aryl methyl sites for hydroxylation is 1. The molecule has 0 fully saturated rings. The lowest BCUT2D eigenvalue weighted by Crippen LogP contribution is -2.28. The van der Waals surface area contributed by atoms with E-state index < -0.39 is 0 Å². The Labute approximate surface area is 121 Å². The standard InChI is InChI=1S/C15H16N4O2/c1-9-4-3-5-12-11(7-16-14(9)12)6-13(20)18-10(2)15-17-8-21-19-15/h3-5,7-8,10,16H,6H2,1-2H3,(H,18,20)/t10-/m0/s1. The van der Waals surface area contributed by atoms with Gasteiger partial charge in [0.1, 0.15) is 0 Å². The molecule has 0 aliphatic heterocycles. The quantitative estimate of drug-likeness (QED) is 0.769. The number of carbonyl (C=O) groups is 1. The Kier molecular flexibility index (Phi) is 3.43. The molecule has 0 saturated heterocycles. The minimum absolute atomic E-state index is 0.0743. The Balaban J connectivity index is 1.73. The Bertz CT molecular complexity index is 761. The van der Waals surface area contributed by atoms with Crippen LogP contribution in [0, 0.1) is 6.92 Å². The second-order valence-corrected chi connectivity index (χ2v) is 5.07. The summed E-state index contributed by atoms with van der Waals surface area (Å²) >= 11 is 0. The molecule has 2 heterocycles. The summed E-state index contributed by atoms with van der Waals surface area (Å²) in [6, 6.07) is 5.78. The van der Waals surface area contributed by atoms with Gasteiger partial charge in [0.15, 0.2) is 5.82 Å². The van der Waals surface area contributed by atoms with Crippen LogP contribution in [0.4, 0.5) is 0 Å². The van der Waals surface area contributed by atoms with E-state index in [0.717, 1.165) is 16.5 Å². The zero-order valence-corrected chi connectivity index (χ0v) is 11.9. The van der Waals surface area contributed by atoms with Crippen LogP contribution in [0.3, 0.4) is 0 Å². The van der Waals surface area contributed by atoms with Gasteiger partial charge in [-0.3, -0.25) is 4.79 Å². The molecule has 0 spiro atoms. The molecule has 2 N–H and O–H groups in total. The maximum Gasteiger partial charge on any atom is 0.225 e. The molecule has 6 heteroatoms. The number of aromatic nitrogens is 3. The summed E-state index contributed by atoms with van der Waals surface area (Å²) in [6.07, 6.45) is 3.45. The van der Waals surface area contributed by atoms with Crippen molar-refractivity contribution >= 4 is 16.8 Å². The van der Waals surface area contributed by atoms with Crippen LogP contribution in [0.2, 0.25) is 0 Å². The number of nitrogens with zero attached hydrogens (tertiary/aromatic N) is 2. The highest BCUT2D eigenvalue weighted by Crippen LogP contribution is 2.21. The van der Waals surface area contributed by atoms with Gasteiger partial charge in [0.05, 0.1) is 12.5 Å². The molecule has 3 rings (SSSR count). The van der Waals surface area contributed by atoms with E-state index in [1.807, 2.05) is 38.2 Å². The Morgan fingerprint density at radius 1 is 1.48 bits per heavy atom.